The Kier molecular flexibility index (Phi) is 5.25. The van der Waals surface area contributed by atoms with Crippen LogP contribution in [0.5, 0.6) is 0 Å². The molecule has 0 spiro atoms. The SMILES string of the molecule is C[C@@H](c1nc(C(C)(C)C)no1)N1CCC([C@@H](O)c2ccccc2)CC1. The van der Waals surface area contributed by atoms with Gasteiger partial charge in [-0.3, -0.25) is 4.90 Å². The standard InChI is InChI=1S/C20H29N3O2/c1-14(18-21-19(22-25-18)20(2,3)4)23-12-10-16(11-13-23)17(24)15-8-6-5-7-9-15/h5-9,14,16-17,24H,10-13H2,1-4H3/t14-,17-/m0/s1. The minimum absolute atomic E-state index is 0.103. The van der Waals surface area contributed by atoms with Crippen LogP contribution in [0.2, 0.25) is 0 Å². The summed E-state index contributed by atoms with van der Waals surface area (Å²) in [4.78, 5) is 6.96. The van der Waals surface area contributed by atoms with Crippen molar-refractivity contribution in [3.8, 4) is 0 Å². The molecule has 2 heterocycles. The topological polar surface area (TPSA) is 62.4 Å². The Bertz CT molecular complexity index is 670. The van der Waals surface area contributed by atoms with Crippen molar-refractivity contribution in [3.63, 3.8) is 0 Å². The first-order valence-electron chi connectivity index (χ1n) is 9.17. The molecule has 25 heavy (non-hydrogen) atoms. The van der Waals surface area contributed by atoms with E-state index in [0.29, 0.717) is 11.8 Å². The van der Waals surface area contributed by atoms with E-state index in [2.05, 4.69) is 42.7 Å². The fraction of sp³-hybridized carbons (Fsp3) is 0.600. The van der Waals surface area contributed by atoms with Gasteiger partial charge in [0, 0.05) is 5.41 Å². The Morgan fingerprint density at radius 2 is 1.80 bits per heavy atom. The average molecular weight is 343 g/mol. The summed E-state index contributed by atoms with van der Waals surface area (Å²) in [6.07, 6.45) is 1.57. The lowest BCUT2D eigenvalue weighted by molar-refractivity contribution is 0.0420. The largest absolute Gasteiger partial charge is 0.388 e. The van der Waals surface area contributed by atoms with Crippen molar-refractivity contribution in [1.82, 2.24) is 15.0 Å². The summed E-state index contributed by atoms with van der Waals surface area (Å²) in [5, 5.41) is 14.8. The first-order valence-corrected chi connectivity index (χ1v) is 9.17. The van der Waals surface area contributed by atoms with E-state index in [-0.39, 0.29) is 17.6 Å². The van der Waals surface area contributed by atoms with Gasteiger partial charge in [-0.25, -0.2) is 0 Å². The average Bonchev–Trinajstić information content (AvgIpc) is 3.12. The van der Waals surface area contributed by atoms with E-state index in [1.165, 1.54) is 0 Å². The zero-order chi connectivity index (χ0) is 18.0. The number of piperidine rings is 1. The molecule has 0 bridgehead atoms. The lowest BCUT2D eigenvalue weighted by Gasteiger charge is -2.36. The molecule has 3 rings (SSSR count). The zero-order valence-corrected chi connectivity index (χ0v) is 15.6. The smallest absolute Gasteiger partial charge is 0.243 e. The van der Waals surface area contributed by atoms with Crippen LogP contribution in [0.4, 0.5) is 0 Å². The van der Waals surface area contributed by atoms with Crippen molar-refractivity contribution < 1.29 is 9.63 Å². The highest BCUT2D eigenvalue weighted by Crippen LogP contribution is 2.33. The van der Waals surface area contributed by atoms with Crippen molar-refractivity contribution in [2.24, 2.45) is 5.92 Å². The predicted molar refractivity (Wildman–Crippen MR) is 97.1 cm³/mol. The van der Waals surface area contributed by atoms with Crippen LogP contribution in [0.25, 0.3) is 0 Å². The number of aliphatic hydroxyl groups excluding tert-OH is 1. The molecule has 1 aliphatic heterocycles. The van der Waals surface area contributed by atoms with E-state index in [0.717, 1.165) is 37.3 Å². The molecule has 0 radical (unpaired) electrons. The van der Waals surface area contributed by atoms with Crippen molar-refractivity contribution >= 4 is 0 Å². The van der Waals surface area contributed by atoms with Crippen LogP contribution in [0.15, 0.2) is 34.9 Å². The summed E-state index contributed by atoms with van der Waals surface area (Å²) in [5.74, 6) is 1.74. The first-order chi connectivity index (χ1) is 11.9. The molecule has 1 aromatic heterocycles. The summed E-state index contributed by atoms with van der Waals surface area (Å²) < 4.78 is 5.50. The molecule has 5 heteroatoms. The van der Waals surface area contributed by atoms with Gasteiger partial charge in [0.15, 0.2) is 5.82 Å². The molecule has 136 valence electrons. The highest BCUT2D eigenvalue weighted by Gasteiger charge is 2.31. The van der Waals surface area contributed by atoms with Crippen molar-refractivity contribution in [1.29, 1.82) is 0 Å². The molecule has 1 aliphatic rings. The third-order valence-corrected chi connectivity index (χ3v) is 5.18. The van der Waals surface area contributed by atoms with Crippen LogP contribution in [-0.2, 0) is 5.41 Å². The zero-order valence-electron chi connectivity index (χ0n) is 15.6. The molecular weight excluding hydrogens is 314 g/mol. The number of nitrogens with zero attached hydrogens (tertiary/aromatic N) is 3. The molecule has 1 aromatic carbocycles. The molecule has 1 saturated heterocycles. The van der Waals surface area contributed by atoms with Crippen LogP contribution in [0.1, 0.15) is 70.0 Å². The predicted octanol–water partition coefficient (Wildman–Crippen LogP) is 3.87. The molecule has 0 unspecified atom stereocenters. The summed E-state index contributed by atoms with van der Waals surface area (Å²) in [6.45, 7) is 10.2. The Hall–Kier alpha value is -1.72. The Morgan fingerprint density at radius 1 is 1.16 bits per heavy atom. The molecule has 0 aliphatic carbocycles. The quantitative estimate of drug-likeness (QED) is 0.913. The van der Waals surface area contributed by atoms with Gasteiger partial charge in [-0.05, 0) is 44.3 Å². The summed E-state index contributed by atoms with van der Waals surface area (Å²) in [6, 6.07) is 10.1. The highest BCUT2D eigenvalue weighted by atomic mass is 16.5. The monoisotopic (exact) mass is 343 g/mol. The summed E-state index contributed by atoms with van der Waals surface area (Å²) in [7, 11) is 0. The Morgan fingerprint density at radius 3 is 2.36 bits per heavy atom. The number of hydrogen-bond donors (Lipinski definition) is 1. The number of rotatable bonds is 4. The maximum atomic E-state index is 10.6. The molecule has 1 N–H and O–H groups in total. The van der Waals surface area contributed by atoms with Gasteiger partial charge in [0.05, 0.1) is 12.1 Å². The second kappa shape index (κ2) is 7.26. The Balaban J connectivity index is 1.59. The summed E-state index contributed by atoms with van der Waals surface area (Å²) in [5.41, 5.74) is 0.912. The molecule has 2 atom stereocenters. The van der Waals surface area contributed by atoms with E-state index >= 15 is 0 Å². The maximum absolute atomic E-state index is 10.6. The fourth-order valence-electron chi connectivity index (χ4n) is 3.41. The van der Waals surface area contributed by atoms with Gasteiger partial charge in [0.1, 0.15) is 0 Å². The van der Waals surface area contributed by atoms with E-state index in [1.54, 1.807) is 0 Å². The summed E-state index contributed by atoms with van der Waals surface area (Å²) >= 11 is 0. The minimum Gasteiger partial charge on any atom is -0.388 e. The van der Waals surface area contributed by atoms with Gasteiger partial charge in [-0.15, -0.1) is 0 Å². The van der Waals surface area contributed by atoms with Crippen molar-refractivity contribution in [2.75, 3.05) is 13.1 Å². The van der Waals surface area contributed by atoms with Crippen LogP contribution >= 0.6 is 0 Å². The molecule has 0 saturated carbocycles. The number of benzene rings is 1. The second-order valence-corrected chi connectivity index (χ2v) is 8.11. The van der Waals surface area contributed by atoms with Gasteiger partial charge < -0.3 is 9.63 Å². The molecule has 2 aromatic rings. The molecule has 1 fully saturated rings. The number of aliphatic hydroxyl groups is 1. The normalized spacial score (nSPS) is 19.7. The van der Waals surface area contributed by atoms with Crippen LogP contribution in [0.3, 0.4) is 0 Å². The van der Waals surface area contributed by atoms with Crippen LogP contribution < -0.4 is 0 Å². The molecule has 5 nitrogen and oxygen atoms in total. The lowest BCUT2D eigenvalue weighted by Crippen LogP contribution is -2.37. The van der Waals surface area contributed by atoms with Gasteiger partial charge >= 0.3 is 0 Å². The Labute approximate surface area is 150 Å². The highest BCUT2D eigenvalue weighted by molar-refractivity contribution is 5.18. The third kappa shape index (κ3) is 4.10. The van der Waals surface area contributed by atoms with Crippen LogP contribution in [0, 0.1) is 5.92 Å². The van der Waals surface area contributed by atoms with Gasteiger partial charge in [-0.1, -0.05) is 56.3 Å². The van der Waals surface area contributed by atoms with Gasteiger partial charge in [0.25, 0.3) is 0 Å². The van der Waals surface area contributed by atoms with Crippen molar-refractivity contribution in [2.45, 2.75) is 58.1 Å². The number of hydrogen-bond acceptors (Lipinski definition) is 5. The van der Waals surface area contributed by atoms with E-state index in [1.807, 2.05) is 30.3 Å². The van der Waals surface area contributed by atoms with E-state index < -0.39 is 0 Å². The van der Waals surface area contributed by atoms with Gasteiger partial charge in [-0.2, -0.15) is 4.98 Å². The fourth-order valence-corrected chi connectivity index (χ4v) is 3.41. The molecule has 0 amide bonds. The number of aromatic nitrogens is 2. The van der Waals surface area contributed by atoms with Crippen LogP contribution in [-0.4, -0.2) is 33.2 Å². The lowest BCUT2D eigenvalue weighted by atomic mass is 9.87. The number of likely N-dealkylation sites (tertiary alicyclic amines) is 1. The van der Waals surface area contributed by atoms with Gasteiger partial charge in [0.2, 0.25) is 5.89 Å². The van der Waals surface area contributed by atoms with Crippen molar-refractivity contribution in [3.05, 3.63) is 47.6 Å². The third-order valence-electron chi connectivity index (χ3n) is 5.18. The van der Waals surface area contributed by atoms with E-state index in [4.69, 9.17) is 4.52 Å². The maximum Gasteiger partial charge on any atom is 0.243 e. The second-order valence-electron chi connectivity index (χ2n) is 8.11. The first kappa shape index (κ1) is 18.1. The minimum atomic E-state index is -0.380. The van der Waals surface area contributed by atoms with E-state index in [9.17, 15) is 5.11 Å². The molecular formula is C20H29N3O2.